The Hall–Kier alpha value is -1.23. The molecule has 0 spiro atoms. The SMILES string of the molecule is Oc1cc(F)c(C(F)F)c2ccsc12. The van der Waals surface area contributed by atoms with E-state index in [-0.39, 0.29) is 11.1 Å². The second kappa shape index (κ2) is 3.16. The summed E-state index contributed by atoms with van der Waals surface area (Å²) in [5.41, 5.74) is -0.640. The van der Waals surface area contributed by atoms with E-state index in [1.165, 1.54) is 11.4 Å². The van der Waals surface area contributed by atoms with E-state index in [0.29, 0.717) is 4.70 Å². The summed E-state index contributed by atoms with van der Waals surface area (Å²) in [4.78, 5) is 0. The summed E-state index contributed by atoms with van der Waals surface area (Å²) < 4.78 is 38.3. The van der Waals surface area contributed by atoms with Gasteiger partial charge < -0.3 is 5.11 Å². The predicted molar refractivity (Wildman–Crippen MR) is 48.4 cm³/mol. The van der Waals surface area contributed by atoms with Gasteiger partial charge in [-0.15, -0.1) is 11.3 Å². The van der Waals surface area contributed by atoms with Gasteiger partial charge in [-0.05, 0) is 11.4 Å². The smallest absolute Gasteiger partial charge is 0.267 e. The van der Waals surface area contributed by atoms with Crippen molar-refractivity contribution in [1.29, 1.82) is 0 Å². The van der Waals surface area contributed by atoms with Crippen LogP contribution >= 0.6 is 11.3 Å². The lowest BCUT2D eigenvalue weighted by molar-refractivity contribution is 0.148. The van der Waals surface area contributed by atoms with Crippen LogP contribution in [-0.4, -0.2) is 5.11 Å². The van der Waals surface area contributed by atoms with Crippen LogP contribution in [0.3, 0.4) is 0 Å². The highest BCUT2D eigenvalue weighted by Gasteiger charge is 2.19. The van der Waals surface area contributed by atoms with Crippen LogP contribution in [0.1, 0.15) is 12.0 Å². The molecule has 0 radical (unpaired) electrons. The summed E-state index contributed by atoms with van der Waals surface area (Å²) in [5, 5.41) is 10.9. The Morgan fingerprint density at radius 3 is 2.71 bits per heavy atom. The Morgan fingerprint density at radius 2 is 2.07 bits per heavy atom. The molecule has 0 aliphatic rings. The van der Waals surface area contributed by atoms with Gasteiger partial charge in [0.15, 0.2) is 0 Å². The highest BCUT2D eigenvalue weighted by molar-refractivity contribution is 7.17. The largest absolute Gasteiger partial charge is 0.506 e. The van der Waals surface area contributed by atoms with Gasteiger partial charge in [0.1, 0.15) is 11.6 Å². The second-order valence-corrected chi connectivity index (χ2v) is 3.67. The summed E-state index contributed by atoms with van der Waals surface area (Å²) in [6.07, 6.45) is -2.87. The van der Waals surface area contributed by atoms with Crippen LogP contribution in [0.15, 0.2) is 17.5 Å². The first kappa shape index (κ1) is 9.33. The fourth-order valence-corrected chi connectivity index (χ4v) is 2.16. The van der Waals surface area contributed by atoms with Crippen molar-refractivity contribution in [2.24, 2.45) is 0 Å². The average molecular weight is 218 g/mol. The van der Waals surface area contributed by atoms with Gasteiger partial charge >= 0.3 is 0 Å². The molecule has 1 nitrogen and oxygen atoms in total. The molecule has 74 valence electrons. The van der Waals surface area contributed by atoms with Gasteiger partial charge in [-0.1, -0.05) is 0 Å². The number of alkyl halides is 2. The minimum atomic E-state index is -2.87. The molecule has 5 heteroatoms. The van der Waals surface area contributed by atoms with Crippen LogP contribution in [0.2, 0.25) is 0 Å². The van der Waals surface area contributed by atoms with Gasteiger partial charge in [0.2, 0.25) is 0 Å². The Bertz CT molecular complexity index is 478. The molecule has 1 N–H and O–H groups in total. The summed E-state index contributed by atoms with van der Waals surface area (Å²) in [6.45, 7) is 0. The number of fused-ring (bicyclic) bond motifs is 1. The molecule has 2 rings (SSSR count). The lowest BCUT2D eigenvalue weighted by atomic mass is 10.1. The van der Waals surface area contributed by atoms with E-state index in [4.69, 9.17) is 0 Å². The summed E-state index contributed by atoms with van der Waals surface area (Å²) in [7, 11) is 0. The third kappa shape index (κ3) is 1.24. The fraction of sp³-hybridized carbons (Fsp3) is 0.111. The van der Waals surface area contributed by atoms with Crippen LogP contribution in [0, 0.1) is 5.82 Å². The number of phenols is 1. The zero-order valence-corrected chi connectivity index (χ0v) is 7.62. The maximum Gasteiger partial charge on any atom is 0.267 e. The molecule has 0 amide bonds. The minimum Gasteiger partial charge on any atom is -0.506 e. The van der Waals surface area contributed by atoms with Crippen molar-refractivity contribution >= 4 is 21.4 Å². The van der Waals surface area contributed by atoms with E-state index >= 15 is 0 Å². The normalized spacial score (nSPS) is 11.4. The second-order valence-electron chi connectivity index (χ2n) is 2.76. The van der Waals surface area contributed by atoms with Gasteiger partial charge in [-0.2, -0.15) is 0 Å². The van der Waals surface area contributed by atoms with E-state index in [0.717, 1.165) is 17.4 Å². The molecule has 0 atom stereocenters. The number of aromatic hydroxyl groups is 1. The highest BCUT2D eigenvalue weighted by atomic mass is 32.1. The number of hydrogen-bond donors (Lipinski definition) is 1. The van der Waals surface area contributed by atoms with Gasteiger partial charge in [-0.3, -0.25) is 0 Å². The first-order valence-corrected chi connectivity index (χ1v) is 4.66. The Morgan fingerprint density at radius 1 is 1.36 bits per heavy atom. The van der Waals surface area contributed by atoms with Crippen LogP contribution in [-0.2, 0) is 0 Å². The van der Waals surface area contributed by atoms with Crippen molar-refractivity contribution in [2.75, 3.05) is 0 Å². The van der Waals surface area contributed by atoms with E-state index in [1.807, 2.05) is 0 Å². The van der Waals surface area contributed by atoms with Crippen LogP contribution < -0.4 is 0 Å². The molecule has 0 aliphatic heterocycles. The highest BCUT2D eigenvalue weighted by Crippen LogP contribution is 2.38. The Kier molecular flexibility index (Phi) is 2.11. The molecule has 0 aliphatic carbocycles. The summed E-state index contributed by atoms with van der Waals surface area (Å²) in [6, 6.07) is 2.10. The van der Waals surface area contributed by atoms with Gasteiger partial charge in [0.05, 0.1) is 10.3 Å². The number of halogens is 3. The Balaban J connectivity index is 2.86. The monoisotopic (exact) mass is 218 g/mol. The lowest BCUT2D eigenvalue weighted by Crippen LogP contribution is -1.91. The predicted octanol–water partition coefficient (Wildman–Crippen LogP) is 3.68. The van der Waals surface area contributed by atoms with Crippen LogP contribution in [0.5, 0.6) is 5.75 Å². The van der Waals surface area contributed by atoms with Crippen molar-refractivity contribution in [3.05, 3.63) is 28.9 Å². The number of phenolic OH excluding ortho intramolecular Hbond substituents is 1. The van der Waals surface area contributed by atoms with E-state index in [1.54, 1.807) is 0 Å². The molecular formula is C9H5F3OS. The topological polar surface area (TPSA) is 20.2 Å². The quantitative estimate of drug-likeness (QED) is 0.774. The zero-order chi connectivity index (χ0) is 10.3. The zero-order valence-electron chi connectivity index (χ0n) is 6.80. The summed E-state index contributed by atoms with van der Waals surface area (Å²) >= 11 is 1.10. The molecule has 0 unspecified atom stereocenters. The van der Waals surface area contributed by atoms with Crippen molar-refractivity contribution < 1.29 is 18.3 Å². The third-order valence-electron chi connectivity index (χ3n) is 1.93. The van der Waals surface area contributed by atoms with Crippen molar-refractivity contribution in [3.63, 3.8) is 0 Å². The van der Waals surface area contributed by atoms with Crippen LogP contribution in [0.4, 0.5) is 13.2 Å². The number of thiophene rings is 1. The molecule has 0 fully saturated rings. The van der Waals surface area contributed by atoms with Crippen molar-refractivity contribution in [3.8, 4) is 5.75 Å². The Labute approximate surface area is 81.4 Å². The van der Waals surface area contributed by atoms with Gasteiger partial charge in [0, 0.05) is 11.5 Å². The van der Waals surface area contributed by atoms with Crippen molar-refractivity contribution in [1.82, 2.24) is 0 Å². The first-order chi connectivity index (χ1) is 6.61. The first-order valence-electron chi connectivity index (χ1n) is 3.78. The van der Waals surface area contributed by atoms with Crippen LogP contribution in [0.25, 0.3) is 10.1 Å². The molecule has 1 heterocycles. The maximum absolute atomic E-state index is 13.1. The maximum atomic E-state index is 13.1. The number of benzene rings is 1. The van der Waals surface area contributed by atoms with Gasteiger partial charge in [-0.25, -0.2) is 13.2 Å². The van der Waals surface area contributed by atoms with Gasteiger partial charge in [0.25, 0.3) is 6.43 Å². The van der Waals surface area contributed by atoms with E-state index < -0.39 is 17.8 Å². The number of rotatable bonds is 1. The lowest BCUT2D eigenvalue weighted by Gasteiger charge is -2.04. The number of hydrogen-bond acceptors (Lipinski definition) is 2. The average Bonchev–Trinajstić information content (AvgIpc) is 2.51. The molecule has 0 saturated carbocycles. The van der Waals surface area contributed by atoms with E-state index in [9.17, 15) is 18.3 Å². The van der Waals surface area contributed by atoms with E-state index in [2.05, 4.69) is 0 Å². The molecule has 14 heavy (non-hydrogen) atoms. The minimum absolute atomic E-state index is 0.0856. The molecule has 1 aromatic carbocycles. The molecule has 1 aromatic heterocycles. The summed E-state index contributed by atoms with van der Waals surface area (Å²) in [5.74, 6) is -1.36. The fourth-order valence-electron chi connectivity index (χ4n) is 1.33. The third-order valence-corrected chi connectivity index (χ3v) is 2.86. The van der Waals surface area contributed by atoms with Crippen molar-refractivity contribution in [2.45, 2.75) is 6.43 Å². The standard InChI is InChI=1S/C9H5F3OS/c10-5-3-6(13)8-4(1-2-14-8)7(5)9(11)12/h1-3,9,13H. The molecule has 0 saturated heterocycles. The molecular weight excluding hydrogens is 213 g/mol. The molecule has 2 aromatic rings. The molecule has 0 bridgehead atoms.